The fourth-order valence-corrected chi connectivity index (χ4v) is 2.68. The van der Waals surface area contributed by atoms with Crippen molar-refractivity contribution in [3.8, 4) is 0 Å². The molecule has 1 aromatic carbocycles. The van der Waals surface area contributed by atoms with Crippen LogP contribution in [0, 0.1) is 5.92 Å². The van der Waals surface area contributed by atoms with Gasteiger partial charge < -0.3 is 15.4 Å². The maximum absolute atomic E-state index is 6.16. The van der Waals surface area contributed by atoms with Crippen LogP contribution in [0.25, 0.3) is 0 Å². The van der Waals surface area contributed by atoms with Crippen LogP contribution in [0.15, 0.2) is 29.3 Å². The first kappa shape index (κ1) is 16.8. The maximum Gasteiger partial charge on any atom is 0.191 e. The van der Waals surface area contributed by atoms with Gasteiger partial charge >= 0.3 is 0 Å². The molecule has 0 amide bonds. The molecule has 0 aliphatic carbocycles. The number of hydrogen-bond acceptors (Lipinski definition) is 2. The molecule has 4 nitrogen and oxygen atoms in total. The average Bonchev–Trinajstić information content (AvgIpc) is 2.54. The highest BCUT2D eigenvalue weighted by molar-refractivity contribution is 5.78. The number of benzene rings is 1. The van der Waals surface area contributed by atoms with Crippen LogP contribution >= 0.6 is 0 Å². The molecule has 1 heterocycles. The van der Waals surface area contributed by atoms with Crippen molar-refractivity contribution in [3.63, 3.8) is 0 Å². The van der Waals surface area contributed by atoms with Crippen molar-refractivity contribution >= 4 is 5.96 Å². The average molecular weight is 303 g/mol. The van der Waals surface area contributed by atoms with E-state index in [9.17, 15) is 0 Å². The molecule has 1 fully saturated rings. The van der Waals surface area contributed by atoms with Gasteiger partial charge in [0.15, 0.2) is 5.96 Å². The molecule has 0 radical (unpaired) electrons. The van der Waals surface area contributed by atoms with E-state index in [0.29, 0.717) is 19.1 Å². The second-order valence-electron chi connectivity index (χ2n) is 6.17. The number of likely N-dealkylation sites (tertiary alicyclic amines) is 1. The first-order chi connectivity index (χ1) is 10.7. The molecule has 1 aliphatic heterocycles. The zero-order valence-electron chi connectivity index (χ0n) is 13.9. The standard InChI is InChI=1S/C18H29N3O/c1-3-12-22-14-17-7-5-4-6-16(17)13-20-18(19)21-10-8-15(2)9-11-21/h4-7,15H,3,8-14H2,1-2H3,(H2,19,20). The van der Waals surface area contributed by atoms with Crippen LogP contribution in [0.3, 0.4) is 0 Å². The highest BCUT2D eigenvalue weighted by atomic mass is 16.5. The minimum Gasteiger partial charge on any atom is -0.377 e. The molecule has 2 rings (SSSR count). The molecule has 1 aromatic rings. The van der Waals surface area contributed by atoms with E-state index in [4.69, 9.17) is 10.5 Å². The summed E-state index contributed by atoms with van der Waals surface area (Å²) in [5.74, 6) is 1.48. The number of guanidine groups is 1. The lowest BCUT2D eigenvalue weighted by Gasteiger charge is -2.31. The second-order valence-corrected chi connectivity index (χ2v) is 6.17. The van der Waals surface area contributed by atoms with Gasteiger partial charge in [0.25, 0.3) is 0 Å². The first-order valence-electron chi connectivity index (χ1n) is 8.40. The van der Waals surface area contributed by atoms with Crippen molar-refractivity contribution < 1.29 is 4.74 Å². The number of ether oxygens (including phenoxy) is 1. The fourth-order valence-electron chi connectivity index (χ4n) is 2.68. The molecule has 122 valence electrons. The molecule has 0 bridgehead atoms. The Morgan fingerprint density at radius 1 is 1.27 bits per heavy atom. The maximum atomic E-state index is 6.16. The zero-order chi connectivity index (χ0) is 15.8. The summed E-state index contributed by atoms with van der Waals surface area (Å²) in [6, 6.07) is 8.32. The summed E-state index contributed by atoms with van der Waals surface area (Å²) in [7, 11) is 0. The number of piperidine rings is 1. The summed E-state index contributed by atoms with van der Waals surface area (Å²) in [5.41, 5.74) is 8.57. The Morgan fingerprint density at radius 3 is 2.64 bits per heavy atom. The number of aliphatic imine (C=N–C) groups is 1. The lowest BCUT2D eigenvalue weighted by molar-refractivity contribution is 0.121. The van der Waals surface area contributed by atoms with E-state index >= 15 is 0 Å². The molecule has 4 heteroatoms. The van der Waals surface area contributed by atoms with Crippen LogP contribution in [-0.4, -0.2) is 30.6 Å². The molecule has 0 atom stereocenters. The van der Waals surface area contributed by atoms with Crippen LogP contribution in [0.2, 0.25) is 0 Å². The lowest BCUT2D eigenvalue weighted by atomic mass is 10.00. The van der Waals surface area contributed by atoms with Gasteiger partial charge in [-0.25, -0.2) is 4.99 Å². The predicted octanol–water partition coefficient (Wildman–Crippen LogP) is 3.16. The molecule has 2 N–H and O–H groups in total. The van der Waals surface area contributed by atoms with Gasteiger partial charge in [-0.05, 0) is 36.3 Å². The van der Waals surface area contributed by atoms with Crippen LogP contribution in [0.1, 0.15) is 44.2 Å². The van der Waals surface area contributed by atoms with Crippen molar-refractivity contribution in [2.75, 3.05) is 19.7 Å². The topological polar surface area (TPSA) is 50.9 Å². The fraction of sp³-hybridized carbons (Fsp3) is 0.611. The summed E-state index contributed by atoms with van der Waals surface area (Å²) in [4.78, 5) is 6.80. The van der Waals surface area contributed by atoms with E-state index in [-0.39, 0.29) is 0 Å². The van der Waals surface area contributed by atoms with Gasteiger partial charge in [-0.1, -0.05) is 38.1 Å². The van der Waals surface area contributed by atoms with Crippen molar-refractivity contribution in [1.29, 1.82) is 0 Å². The van der Waals surface area contributed by atoms with Crippen molar-refractivity contribution in [3.05, 3.63) is 35.4 Å². The molecule has 1 saturated heterocycles. The Labute approximate surface area is 134 Å². The normalized spacial score (nSPS) is 17.0. The molecule has 0 spiro atoms. The smallest absolute Gasteiger partial charge is 0.191 e. The monoisotopic (exact) mass is 303 g/mol. The molecular weight excluding hydrogens is 274 g/mol. The quantitative estimate of drug-likeness (QED) is 0.499. The largest absolute Gasteiger partial charge is 0.377 e. The Morgan fingerprint density at radius 2 is 1.95 bits per heavy atom. The predicted molar refractivity (Wildman–Crippen MR) is 91.7 cm³/mol. The van der Waals surface area contributed by atoms with Crippen molar-refractivity contribution in [1.82, 2.24) is 4.90 Å². The molecule has 1 aliphatic rings. The third kappa shape index (κ3) is 5.02. The third-order valence-electron chi connectivity index (χ3n) is 4.24. The Balaban J connectivity index is 1.93. The third-order valence-corrected chi connectivity index (χ3v) is 4.24. The van der Waals surface area contributed by atoms with E-state index in [1.54, 1.807) is 0 Å². The number of nitrogens with zero attached hydrogens (tertiary/aromatic N) is 2. The van der Waals surface area contributed by atoms with Gasteiger partial charge in [0.1, 0.15) is 0 Å². The van der Waals surface area contributed by atoms with Gasteiger partial charge in [0.2, 0.25) is 0 Å². The Kier molecular flexibility index (Phi) is 6.72. The molecule has 0 aromatic heterocycles. The summed E-state index contributed by atoms with van der Waals surface area (Å²) in [6.07, 6.45) is 3.45. The molecule has 0 saturated carbocycles. The zero-order valence-corrected chi connectivity index (χ0v) is 13.9. The summed E-state index contributed by atoms with van der Waals surface area (Å²) < 4.78 is 5.65. The molecule has 22 heavy (non-hydrogen) atoms. The van der Waals surface area contributed by atoms with E-state index in [1.807, 2.05) is 12.1 Å². The van der Waals surface area contributed by atoms with E-state index < -0.39 is 0 Å². The minimum atomic E-state index is 0.629. The lowest BCUT2D eigenvalue weighted by Crippen LogP contribution is -2.42. The highest BCUT2D eigenvalue weighted by Gasteiger charge is 2.16. The number of hydrogen-bond donors (Lipinski definition) is 1. The molecule has 0 unspecified atom stereocenters. The highest BCUT2D eigenvalue weighted by Crippen LogP contribution is 2.16. The first-order valence-corrected chi connectivity index (χ1v) is 8.40. The van der Waals surface area contributed by atoms with Crippen LogP contribution in [-0.2, 0) is 17.9 Å². The van der Waals surface area contributed by atoms with Gasteiger partial charge in [-0.3, -0.25) is 0 Å². The summed E-state index contributed by atoms with van der Waals surface area (Å²) >= 11 is 0. The van der Waals surface area contributed by atoms with Gasteiger partial charge in [-0.15, -0.1) is 0 Å². The van der Waals surface area contributed by atoms with Crippen LogP contribution in [0.4, 0.5) is 0 Å². The van der Waals surface area contributed by atoms with Gasteiger partial charge in [0.05, 0.1) is 13.2 Å². The SMILES string of the molecule is CCCOCc1ccccc1CN=C(N)N1CCC(C)CC1. The second kappa shape index (κ2) is 8.79. The summed E-state index contributed by atoms with van der Waals surface area (Å²) in [6.45, 7) is 8.55. The van der Waals surface area contributed by atoms with E-state index in [2.05, 4.69) is 35.9 Å². The summed E-state index contributed by atoms with van der Waals surface area (Å²) in [5, 5.41) is 0. The van der Waals surface area contributed by atoms with Crippen molar-refractivity contribution in [2.24, 2.45) is 16.6 Å². The number of nitrogens with two attached hydrogens (primary N) is 1. The Bertz CT molecular complexity index is 479. The van der Waals surface area contributed by atoms with Crippen LogP contribution in [0.5, 0.6) is 0 Å². The minimum absolute atomic E-state index is 0.629. The van der Waals surface area contributed by atoms with Crippen LogP contribution < -0.4 is 5.73 Å². The van der Waals surface area contributed by atoms with E-state index in [1.165, 1.54) is 24.0 Å². The van der Waals surface area contributed by atoms with Crippen molar-refractivity contribution in [2.45, 2.75) is 46.3 Å². The van der Waals surface area contributed by atoms with Gasteiger partial charge in [-0.2, -0.15) is 0 Å². The number of rotatable bonds is 6. The Hall–Kier alpha value is -1.55. The van der Waals surface area contributed by atoms with Gasteiger partial charge in [0, 0.05) is 19.7 Å². The molecular formula is C18H29N3O. The van der Waals surface area contributed by atoms with E-state index in [0.717, 1.165) is 32.0 Å².